The maximum absolute atomic E-state index is 12.7. The van der Waals surface area contributed by atoms with Crippen LogP contribution in [0.4, 0.5) is 0 Å². The van der Waals surface area contributed by atoms with Gasteiger partial charge in [0.15, 0.2) is 11.5 Å². The van der Waals surface area contributed by atoms with E-state index in [1.54, 1.807) is 20.3 Å². The van der Waals surface area contributed by atoms with Crippen LogP contribution in [-0.4, -0.2) is 41.9 Å². The van der Waals surface area contributed by atoms with Gasteiger partial charge in [-0.2, -0.15) is 5.10 Å². The van der Waals surface area contributed by atoms with Crippen molar-refractivity contribution < 1.29 is 24.2 Å². The van der Waals surface area contributed by atoms with Crippen molar-refractivity contribution in [1.29, 1.82) is 0 Å². The lowest BCUT2D eigenvalue weighted by Gasteiger charge is -2.22. The second-order valence-electron chi connectivity index (χ2n) is 6.88. The molecule has 1 N–H and O–H groups in total. The molecule has 7 heteroatoms. The number of carbonyl (C=O) groups excluding carboxylic acids is 1. The summed E-state index contributed by atoms with van der Waals surface area (Å²) in [5, 5.41) is 14.9. The Kier molecular flexibility index (Phi) is 6.16. The molecule has 3 rings (SSSR count). The number of rotatable bonds is 7. The lowest BCUT2D eigenvalue weighted by atomic mass is 9.97. The Balaban J connectivity index is 1.94. The van der Waals surface area contributed by atoms with E-state index in [9.17, 15) is 9.59 Å². The van der Waals surface area contributed by atoms with Crippen molar-refractivity contribution in [3.8, 4) is 11.5 Å². The fourth-order valence-corrected chi connectivity index (χ4v) is 3.31. The van der Waals surface area contributed by atoms with Crippen LogP contribution in [0.5, 0.6) is 11.5 Å². The van der Waals surface area contributed by atoms with Gasteiger partial charge >= 0.3 is 5.97 Å². The molecular weight excluding hydrogens is 372 g/mol. The van der Waals surface area contributed by atoms with Crippen LogP contribution in [0.2, 0.25) is 0 Å². The van der Waals surface area contributed by atoms with E-state index >= 15 is 0 Å². The number of methoxy groups -OCH3 is 2. The van der Waals surface area contributed by atoms with Gasteiger partial charge in [-0.25, -0.2) is 5.01 Å². The molecule has 0 saturated carbocycles. The minimum atomic E-state index is -1.01. The van der Waals surface area contributed by atoms with Gasteiger partial charge in [-0.05, 0) is 30.2 Å². The van der Waals surface area contributed by atoms with E-state index in [1.165, 1.54) is 5.01 Å². The number of amides is 1. The van der Waals surface area contributed by atoms with Crippen LogP contribution < -0.4 is 9.47 Å². The van der Waals surface area contributed by atoms with E-state index < -0.39 is 5.97 Å². The quantitative estimate of drug-likeness (QED) is 0.773. The first-order valence-corrected chi connectivity index (χ1v) is 9.33. The highest BCUT2D eigenvalue weighted by molar-refractivity contribution is 6.03. The fraction of sp³-hybridized carbons (Fsp3) is 0.318. The van der Waals surface area contributed by atoms with Crippen LogP contribution >= 0.6 is 0 Å². The third-order valence-electron chi connectivity index (χ3n) is 4.90. The molecule has 0 bridgehead atoms. The molecular formula is C22H24N2O5. The number of hydrogen-bond donors (Lipinski definition) is 1. The van der Waals surface area contributed by atoms with Crippen LogP contribution in [0.15, 0.2) is 47.6 Å². The van der Waals surface area contributed by atoms with E-state index in [0.29, 0.717) is 17.9 Å². The van der Waals surface area contributed by atoms with E-state index in [1.807, 2.05) is 43.3 Å². The molecule has 0 aromatic heterocycles. The number of carboxylic acids is 1. The fourth-order valence-electron chi connectivity index (χ4n) is 3.31. The topological polar surface area (TPSA) is 88.4 Å². The molecule has 1 amide bonds. The predicted octanol–water partition coefficient (Wildman–Crippen LogP) is 3.55. The number of carbonyl (C=O) groups is 2. The summed E-state index contributed by atoms with van der Waals surface area (Å²) in [5.41, 5.74) is 3.71. The Morgan fingerprint density at radius 1 is 1.07 bits per heavy atom. The third-order valence-corrected chi connectivity index (χ3v) is 4.90. The normalized spacial score (nSPS) is 15.8. The zero-order valence-electron chi connectivity index (χ0n) is 16.7. The highest BCUT2D eigenvalue weighted by Crippen LogP contribution is 2.37. The number of aryl methyl sites for hydroxylation is 1. The summed E-state index contributed by atoms with van der Waals surface area (Å²) in [7, 11) is 3.12. The molecule has 29 heavy (non-hydrogen) atoms. The number of aliphatic carboxylic acids is 1. The number of carboxylic acid groups (broad SMARTS) is 1. The summed E-state index contributed by atoms with van der Waals surface area (Å²) in [6.07, 6.45) is 0.185. The molecule has 2 aromatic carbocycles. The molecule has 2 aromatic rings. The molecule has 1 atom stereocenters. The molecule has 152 valence electrons. The van der Waals surface area contributed by atoms with Gasteiger partial charge in [0, 0.05) is 12.8 Å². The molecule has 1 aliphatic rings. The highest BCUT2D eigenvalue weighted by atomic mass is 16.5. The lowest BCUT2D eigenvalue weighted by molar-refractivity contribution is -0.141. The molecule has 0 spiro atoms. The summed E-state index contributed by atoms with van der Waals surface area (Å²) >= 11 is 0. The van der Waals surface area contributed by atoms with Crippen LogP contribution in [-0.2, 0) is 9.59 Å². The third kappa shape index (κ3) is 4.56. The number of benzene rings is 2. The SMILES string of the molecule is COc1ccc([C@@H]2CC(c3ccc(C)cc3)=NN2C(=O)CCC(=O)O)cc1OC. The van der Waals surface area contributed by atoms with Crippen molar-refractivity contribution in [2.24, 2.45) is 5.10 Å². The first-order chi connectivity index (χ1) is 13.9. The maximum atomic E-state index is 12.7. The Morgan fingerprint density at radius 2 is 1.76 bits per heavy atom. The van der Waals surface area contributed by atoms with E-state index in [-0.39, 0.29) is 24.8 Å². The van der Waals surface area contributed by atoms with Crippen molar-refractivity contribution in [2.75, 3.05) is 14.2 Å². The van der Waals surface area contributed by atoms with Crippen molar-refractivity contribution >= 4 is 17.6 Å². The molecule has 7 nitrogen and oxygen atoms in total. The van der Waals surface area contributed by atoms with Gasteiger partial charge in [0.05, 0.1) is 32.4 Å². The van der Waals surface area contributed by atoms with E-state index in [2.05, 4.69) is 5.10 Å². The second kappa shape index (κ2) is 8.77. The maximum Gasteiger partial charge on any atom is 0.303 e. The van der Waals surface area contributed by atoms with Gasteiger partial charge < -0.3 is 14.6 Å². The molecule has 0 fully saturated rings. The summed E-state index contributed by atoms with van der Waals surface area (Å²) in [5.74, 6) is -0.179. The molecule has 1 heterocycles. The van der Waals surface area contributed by atoms with Crippen molar-refractivity contribution in [1.82, 2.24) is 5.01 Å². The van der Waals surface area contributed by atoms with Gasteiger partial charge in [0.25, 0.3) is 0 Å². The lowest BCUT2D eigenvalue weighted by Crippen LogP contribution is -2.27. The summed E-state index contributed by atoms with van der Waals surface area (Å²) in [4.78, 5) is 23.6. The van der Waals surface area contributed by atoms with E-state index in [0.717, 1.165) is 22.4 Å². The smallest absolute Gasteiger partial charge is 0.303 e. The van der Waals surface area contributed by atoms with E-state index in [4.69, 9.17) is 14.6 Å². The minimum Gasteiger partial charge on any atom is -0.493 e. The average Bonchev–Trinajstić information content (AvgIpc) is 3.17. The number of nitrogens with zero attached hydrogens (tertiary/aromatic N) is 2. The number of ether oxygens (including phenoxy) is 2. The molecule has 0 saturated heterocycles. The van der Waals surface area contributed by atoms with Crippen LogP contribution in [0.25, 0.3) is 0 Å². The molecule has 1 aliphatic heterocycles. The number of hydrogen-bond acceptors (Lipinski definition) is 5. The summed E-state index contributed by atoms with van der Waals surface area (Å²) in [6.45, 7) is 2.01. The van der Waals surface area contributed by atoms with Crippen molar-refractivity contribution in [2.45, 2.75) is 32.2 Å². The Hall–Kier alpha value is -3.35. The van der Waals surface area contributed by atoms with Gasteiger partial charge in [0.2, 0.25) is 5.91 Å². The van der Waals surface area contributed by atoms with Gasteiger partial charge in [0.1, 0.15) is 0 Å². The largest absolute Gasteiger partial charge is 0.493 e. The number of hydrazone groups is 1. The second-order valence-corrected chi connectivity index (χ2v) is 6.88. The zero-order chi connectivity index (χ0) is 21.0. The highest BCUT2D eigenvalue weighted by Gasteiger charge is 2.33. The van der Waals surface area contributed by atoms with Crippen molar-refractivity contribution in [3.63, 3.8) is 0 Å². The Morgan fingerprint density at radius 3 is 2.38 bits per heavy atom. The van der Waals surface area contributed by atoms with Crippen LogP contribution in [0.1, 0.15) is 42.0 Å². The predicted molar refractivity (Wildman–Crippen MR) is 108 cm³/mol. The molecule has 0 aliphatic carbocycles. The van der Waals surface area contributed by atoms with Crippen molar-refractivity contribution in [3.05, 3.63) is 59.2 Å². The Bertz CT molecular complexity index is 937. The first kappa shape index (κ1) is 20.4. The minimum absolute atomic E-state index is 0.107. The van der Waals surface area contributed by atoms with Crippen LogP contribution in [0, 0.1) is 6.92 Å². The zero-order valence-corrected chi connectivity index (χ0v) is 16.7. The van der Waals surface area contributed by atoms with Gasteiger partial charge in [-0.15, -0.1) is 0 Å². The molecule has 0 unspecified atom stereocenters. The Labute approximate surface area is 169 Å². The summed E-state index contributed by atoms with van der Waals surface area (Å²) in [6, 6.07) is 13.1. The average molecular weight is 396 g/mol. The molecule has 0 radical (unpaired) electrons. The standard InChI is InChI=1S/C22H24N2O5/c1-14-4-6-15(7-5-14)17-13-18(24(23-17)21(25)10-11-22(26)27)16-8-9-19(28-2)20(12-16)29-3/h4-9,12,18H,10-11,13H2,1-3H3,(H,26,27)/t18-/m0/s1. The summed E-state index contributed by atoms with van der Waals surface area (Å²) < 4.78 is 10.7. The van der Waals surface area contributed by atoms with Gasteiger partial charge in [-0.3, -0.25) is 9.59 Å². The van der Waals surface area contributed by atoms with Gasteiger partial charge in [-0.1, -0.05) is 35.9 Å². The van der Waals surface area contributed by atoms with Crippen LogP contribution in [0.3, 0.4) is 0 Å². The first-order valence-electron chi connectivity index (χ1n) is 9.33. The monoisotopic (exact) mass is 396 g/mol.